The lowest BCUT2D eigenvalue weighted by atomic mass is 10.1. The van der Waals surface area contributed by atoms with Crippen molar-refractivity contribution in [2.24, 2.45) is 4.99 Å². The van der Waals surface area contributed by atoms with Crippen molar-refractivity contribution >= 4 is 11.5 Å². The Morgan fingerprint density at radius 2 is 1.48 bits per heavy atom. The molecule has 2 radical (unpaired) electrons. The zero-order chi connectivity index (χ0) is 16.3. The van der Waals surface area contributed by atoms with Crippen LogP contribution < -0.4 is 0 Å². The zero-order valence-electron chi connectivity index (χ0n) is 13.8. The predicted octanol–water partition coefficient (Wildman–Crippen LogP) is 4.65. The third-order valence-corrected chi connectivity index (χ3v) is 3.55. The Labute approximate surface area is 138 Å². The van der Waals surface area contributed by atoms with Gasteiger partial charge in [0.1, 0.15) is 5.84 Å². The maximum atomic E-state index is 4.83. The Hall–Kier alpha value is -2.55. The van der Waals surface area contributed by atoms with Crippen molar-refractivity contribution in [3.05, 3.63) is 85.3 Å². The van der Waals surface area contributed by atoms with Crippen LogP contribution in [0.4, 0.5) is 5.69 Å². The van der Waals surface area contributed by atoms with E-state index in [1.54, 1.807) is 0 Å². The molecule has 0 aliphatic carbocycles. The van der Waals surface area contributed by atoms with E-state index < -0.39 is 0 Å². The topological polar surface area (TPSA) is 18.8 Å². The Bertz CT molecular complexity index is 697. The summed E-state index contributed by atoms with van der Waals surface area (Å²) in [7, 11) is 0. The highest BCUT2D eigenvalue weighted by atomic mass is 15.4. The van der Waals surface area contributed by atoms with Gasteiger partial charge in [-0.2, -0.15) is 0 Å². The quantitative estimate of drug-likeness (QED) is 0.594. The third kappa shape index (κ3) is 3.62. The van der Waals surface area contributed by atoms with Gasteiger partial charge in [-0.15, -0.1) is 0 Å². The Morgan fingerprint density at radius 1 is 0.870 bits per heavy atom. The average molecular weight is 303 g/mol. The molecular formula is C20H21N3. The second kappa shape index (κ2) is 6.29. The first-order valence-corrected chi connectivity index (χ1v) is 7.76. The van der Waals surface area contributed by atoms with Crippen molar-refractivity contribution in [1.82, 2.24) is 9.80 Å². The summed E-state index contributed by atoms with van der Waals surface area (Å²) in [6, 6.07) is 20.2. The molecule has 3 nitrogen and oxygen atoms in total. The Kier molecular flexibility index (Phi) is 4.20. The molecule has 23 heavy (non-hydrogen) atoms. The summed E-state index contributed by atoms with van der Waals surface area (Å²) in [6.07, 6.45) is 4.03. The largest absolute Gasteiger partial charge is 0.341 e. The molecule has 1 heterocycles. The molecular weight excluding hydrogens is 282 g/mol. The van der Waals surface area contributed by atoms with Crippen LogP contribution in [0.5, 0.6) is 0 Å². The number of para-hydroxylation sites is 1. The van der Waals surface area contributed by atoms with Gasteiger partial charge in [-0.1, -0.05) is 48.5 Å². The molecule has 0 fully saturated rings. The minimum absolute atomic E-state index is 0.0141. The molecule has 2 aromatic rings. The molecule has 2 aromatic carbocycles. The van der Waals surface area contributed by atoms with Gasteiger partial charge >= 0.3 is 0 Å². The van der Waals surface area contributed by atoms with Gasteiger partial charge in [0.15, 0.2) is 0 Å². The highest BCUT2D eigenvalue weighted by molar-refractivity contribution is 6.01. The van der Waals surface area contributed by atoms with Gasteiger partial charge < -0.3 is 4.90 Å². The number of aliphatic imine (C=N–C) groups is 1. The summed E-state index contributed by atoms with van der Waals surface area (Å²) in [5.41, 5.74) is 1.97. The lowest BCUT2D eigenvalue weighted by molar-refractivity contribution is 0.237. The fraction of sp³-hybridized carbons (Fsp3) is 0.200. The van der Waals surface area contributed by atoms with Crippen molar-refractivity contribution in [3.63, 3.8) is 0 Å². The highest BCUT2D eigenvalue weighted by Gasteiger charge is 2.28. The van der Waals surface area contributed by atoms with Gasteiger partial charge in [-0.05, 0) is 32.9 Å². The first-order valence-electron chi connectivity index (χ1n) is 7.76. The summed E-state index contributed by atoms with van der Waals surface area (Å²) in [5, 5.41) is 0. The van der Waals surface area contributed by atoms with Crippen molar-refractivity contribution in [1.29, 1.82) is 0 Å². The highest BCUT2D eigenvalue weighted by Crippen LogP contribution is 2.25. The molecule has 0 spiro atoms. The first-order chi connectivity index (χ1) is 11.0. The van der Waals surface area contributed by atoms with Gasteiger partial charge in [-0.25, -0.2) is 4.99 Å². The maximum Gasteiger partial charge on any atom is 0.214 e. The van der Waals surface area contributed by atoms with E-state index in [9.17, 15) is 0 Å². The van der Waals surface area contributed by atoms with Crippen LogP contribution in [0, 0.1) is 6.67 Å². The molecule has 1 aliphatic heterocycles. The van der Waals surface area contributed by atoms with Crippen LogP contribution in [-0.2, 0) is 0 Å². The van der Waals surface area contributed by atoms with E-state index in [0.29, 0.717) is 0 Å². The molecule has 0 saturated carbocycles. The monoisotopic (exact) mass is 303 g/mol. The van der Waals surface area contributed by atoms with E-state index in [4.69, 9.17) is 4.99 Å². The van der Waals surface area contributed by atoms with Crippen LogP contribution >= 0.6 is 0 Å². The van der Waals surface area contributed by atoms with E-state index >= 15 is 0 Å². The van der Waals surface area contributed by atoms with Crippen LogP contribution in [0.3, 0.4) is 0 Å². The Morgan fingerprint density at radius 3 is 2.04 bits per heavy atom. The van der Waals surface area contributed by atoms with Gasteiger partial charge in [0.25, 0.3) is 0 Å². The number of nitrogens with zero attached hydrogens (tertiary/aromatic N) is 3. The molecule has 0 amide bonds. The molecule has 0 atom stereocenters. The number of hydrogen-bond acceptors (Lipinski definition) is 2. The minimum Gasteiger partial charge on any atom is -0.341 e. The van der Waals surface area contributed by atoms with Crippen molar-refractivity contribution < 1.29 is 0 Å². The standard InChI is InChI=1S/C20H21N3/c1-20(2,3)23-15-14-22(16-23)19(17-10-6-4-7-11-17)21-18-12-8-5-9-13-18/h4-15H,1-3H3. The lowest BCUT2D eigenvalue weighted by Gasteiger charge is -2.31. The van der Waals surface area contributed by atoms with E-state index in [1.807, 2.05) is 65.8 Å². The predicted molar refractivity (Wildman–Crippen MR) is 94.9 cm³/mol. The molecule has 0 aromatic heterocycles. The third-order valence-electron chi connectivity index (χ3n) is 3.55. The van der Waals surface area contributed by atoms with E-state index in [2.05, 4.69) is 44.5 Å². The summed E-state index contributed by atoms with van der Waals surface area (Å²) >= 11 is 0. The van der Waals surface area contributed by atoms with Gasteiger partial charge in [-0.3, -0.25) is 4.90 Å². The van der Waals surface area contributed by atoms with E-state index in [-0.39, 0.29) is 5.54 Å². The van der Waals surface area contributed by atoms with Crippen molar-refractivity contribution in [2.45, 2.75) is 26.3 Å². The number of benzene rings is 2. The smallest absolute Gasteiger partial charge is 0.214 e. The molecule has 0 unspecified atom stereocenters. The molecule has 0 N–H and O–H groups in total. The SMILES string of the molecule is CC(C)(C)N1[C]N(C(=Nc2ccccc2)c2ccccc2)C=C1. The van der Waals surface area contributed by atoms with Crippen LogP contribution in [-0.4, -0.2) is 21.2 Å². The van der Waals surface area contributed by atoms with Crippen LogP contribution in [0.25, 0.3) is 0 Å². The van der Waals surface area contributed by atoms with Gasteiger partial charge in [0, 0.05) is 23.5 Å². The van der Waals surface area contributed by atoms with Crippen molar-refractivity contribution in [3.8, 4) is 0 Å². The first kappa shape index (κ1) is 15.3. The van der Waals surface area contributed by atoms with Gasteiger partial charge in [0.05, 0.1) is 5.69 Å². The molecule has 3 heteroatoms. The maximum absolute atomic E-state index is 4.83. The molecule has 116 valence electrons. The second-order valence-corrected chi connectivity index (χ2v) is 6.45. The number of rotatable bonds is 2. The molecule has 0 bridgehead atoms. The van der Waals surface area contributed by atoms with Gasteiger partial charge in [0.2, 0.25) is 6.67 Å². The van der Waals surface area contributed by atoms with E-state index in [1.165, 1.54) is 0 Å². The van der Waals surface area contributed by atoms with Crippen LogP contribution in [0.15, 0.2) is 78.1 Å². The summed E-state index contributed by atoms with van der Waals surface area (Å²) in [5.74, 6) is 0.861. The summed E-state index contributed by atoms with van der Waals surface area (Å²) < 4.78 is 0. The fourth-order valence-electron chi connectivity index (χ4n) is 2.28. The average Bonchev–Trinajstić information content (AvgIpc) is 3.04. The van der Waals surface area contributed by atoms with Crippen LogP contribution in [0.1, 0.15) is 26.3 Å². The lowest BCUT2D eigenvalue weighted by Crippen LogP contribution is -2.37. The fourth-order valence-corrected chi connectivity index (χ4v) is 2.28. The zero-order valence-corrected chi connectivity index (χ0v) is 13.8. The van der Waals surface area contributed by atoms with Crippen molar-refractivity contribution in [2.75, 3.05) is 0 Å². The number of hydrogen-bond donors (Lipinski definition) is 0. The summed E-state index contributed by atoms with van der Waals surface area (Å²) in [6.45, 7) is 9.85. The Balaban J connectivity index is 1.95. The molecule has 1 aliphatic rings. The second-order valence-electron chi connectivity index (χ2n) is 6.45. The summed E-state index contributed by atoms with van der Waals surface area (Å²) in [4.78, 5) is 8.85. The normalized spacial score (nSPS) is 15.3. The molecule has 3 rings (SSSR count). The number of amidine groups is 1. The molecule has 0 saturated heterocycles. The van der Waals surface area contributed by atoms with E-state index in [0.717, 1.165) is 17.1 Å². The minimum atomic E-state index is -0.0141. The van der Waals surface area contributed by atoms with Crippen LogP contribution in [0.2, 0.25) is 0 Å².